The van der Waals surface area contributed by atoms with Crippen molar-refractivity contribution in [3.8, 4) is 5.75 Å². The molecule has 0 amide bonds. The Labute approximate surface area is 119 Å². The van der Waals surface area contributed by atoms with Gasteiger partial charge in [-0.15, -0.1) is 0 Å². The van der Waals surface area contributed by atoms with Gasteiger partial charge in [-0.25, -0.2) is 0 Å². The maximum atomic E-state index is 8.69. The van der Waals surface area contributed by atoms with Crippen LogP contribution in [0.2, 0.25) is 0 Å². The van der Waals surface area contributed by atoms with Crippen molar-refractivity contribution in [1.82, 2.24) is 0 Å². The van der Waals surface area contributed by atoms with Crippen LogP contribution < -0.4 is 10.1 Å². The van der Waals surface area contributed by atoms with Crippen LogP contribution in [0.15, 0.2) is 48.5 Å². The first-order valence-corrected chi connectivity index (χ1v) is 6.61. The summed E-state index contributed by atoms with van der Waals surface area (Å²) < 4.78 is 5.32. The normalized spacial score (nSPS) is 10.7. The predicted octanol–water partition coefficient (Wildman–Crippen LogP) is 3.27. The van der Waals surface area contributed by atoms with Crippen LogP contribution in [0.25, 0.3) is 12.2 Å². The summed E-state index contributed by atoms with van der Waals surface area (Å²) in [6, 6.07) is 16.0. The maximum absolute atomic E-state index is 8.69. The maximum Gasteiger partial charge on any atom is 0.119 e. The van der Waals surface area contributed by atoms with Gasteiger partial charge in [-0.2, -0.15) is 0 Å². The highest BCUT2D eigenvalue weighted by molar-refractivity contribution is 5.70. The summed E-state index contributed by atoms with van der Waals surface area (Å²) in [7, 11) is 1.91. The van der Waals surface area contributed by atoms with Crippen LogP contribution in [-0.2, 0) is 0 Å². The van der Waals surface area contributed by atoms with Gasteiger partial charge in [-0.3, -0.25) is 0 Å². The van der Waals surface area contributed by atoms with Gasteiger partial charge in [-0.1, -0.05) is 36.4 Å². The Morgan fingerprint density at radius 3 is 2.00 bits per heavy atom. The van der Waals surface area contributed by atoms with Crippen LogP contribution in [-0.4, -0.2) is 25.4 Å². The second-order valence-corrected chi connectivity index (χ2v) is 4.35. The zero-order chi connectivity index (χ0) is 14.2. The lowest BCUT2D eigenvalue weighted by Gasteiger charge is -2.03. The zero-order valence-electron chi connectivity index (χ0n) is 11.5. The van der Waals surface area contributed by atoms with Gasteiger partial charge in [0.05, 0.1) is 6.61 Å². The van der Waals surface area contributed by atoms with E-state index in [0.717, 1.165) is 22.6 Å². The molecule has 0 saturated carbocycles. The van der Waals surface area contributed by atoms with Crippen molar-refractivity contribution in [2.45, 2.75) is 0 Å². The van der Waals surface area contributed by atoms with E-state index in [4.69, 9.17) is 9.84 Å². The Hall–Kier alpha value is -2.26. The lowest BCUT2D eigenvalue weighted by molar-refractivity contribution is 0.201. The van der Waals surface area contributed by atoms with Crippen LogP contribution in [0.1, 0.15) is 11.1 Å². The summed E-state index contributed by atoms with van der Waals surface area (Å²) in [5.41, 5.74) is 3.37. The van der Waals surface area contributed by atoms with Gasteiger partial charge in [0.1, 0.15) is 12.4 Å². The third-order valence-corrected chi connectivity index (χ3v) is 2.91. The second-order valence-electron chi connectivity index (χ2n) is 4.35. The largest absolute Gasteiger partial charge is 0.491 e. The topological polar surface area (TPSA) is 41.5 Å². The first-order valence-electron chi connectivity index (χ1n) is 6.61. The molecule has 20 heavy (non-hydrogen) atoms. The minimum absolute atomic E-state index is 0.0320. The molecule has 3 heteroatoms. The summed E-state index contributed by atoms with van der Waals surface area (Å²) in [6.07, 6.45) is 4.13. The van der Waals surface area contributed by atoms with E-state index in [1.54, 1.807) is 0 Å². The summed E-state index contributed by atoms with van der Waals surface area (Å²) in [4.78, 5) is 0. The van der Waals surface area contributed by atoms with E-state index in [0.29, 0.717) is 6.61 Å². The van der Waals surface area contributed by atoms with Crippen molar-refractivity contribution in [3.63, 3.8) is 0 Å². The molecular weight excluding hydrogens is 250 g/mol. The van der Waals surface area contributed by atoms with Gasteiger partial charge >= 0.3 is 0 Å². The molecule has 0 unspecified atom stereocenters. The molecule has 0 heterocycles. The van der Waals surface area contributed by atoms with Crippen molar-refractivity contribution >= 4 is 17.8 Å². The first-order chi connectivity index (χ1) is 9.81. The summed E-state index contributed by atoms with van der Waals surface area (Å²) in [5.74, 6) is 0.773. The van der Waals surface area contributed by atoms with E-state index in [1.165, 1.54) is 0 Å². The average molecular weight is 269 g/mol. The number of aliphatic hydroxyl groups is 1. The molecule has 0 aromatic heterocycles. The smallest absolute Gasteiger partial charge is 0.119 e. The molecule has 2 rings (SSSR count). The molecule has 3 nitrogen and oxygen atoms in total. The molecule has 0 fully saturated rings. The van der Waals surface area contributed by atoms with Gasteiger partial charge in [0.2, 0.25) is 0 Å². The molecule has 0 atom stereocenters. The van der Waals surface area contributed by atoms with E-state index >= 15 is 0 Å². The van der Waals surface area contributed by atoms with Crippen LogP contribution >= 0.6 is 0 Å². The molecule has 0 saturated heterocycles. The average Bonchev–Trinajstić information content (AvgIpc) is 2.52. The number of nitrogens with one attached hydrogen (secondary N) is 1. The summed E-state index contributed by atoms with van der Waals surface area (Å²) in [6.45, 7) is 0.358. The molecular formula is C17H19NO2. The second kappa shape index (κ2) is 7.36. The van der Waals surface area contributed by atoms with Crippen molar-refractivity contribution in [3.05, 3.63) is 59.7 Å². The molecule has 104 valence electrons. The molecule has 0 aliphatic heterocycles. The zero-order valence-corrected chi connectivity index (χ0v) is 11.5. The van der Waals surface area contributed by atoms with Crippen LogP contribution in [0, 0.1) is 0 Å². The van der Waals surface area contributed by atoms with Crippen molar-refractivity contribution in [2.75, 3.05) is 25.6 Å². The molecule has 0 bridgehead atoms. The Morgan fingerprint density at radius 2 is 1.50 bits per heavy atom. The molecule has 2 N–H and O–H groups in total. The molecule has 0 spiro atoms. The van der Waals surface area contributed by atoms with Crippen LogP contribution in [0.3, 0.4) is 0 Å². The minimum atomic E-state index is 0.0320. The third-order valence-electron chi connectivity index (χ3n) is 2.91. The summed E-state index contributed by atoms with van der Waals surface area (Å²) in [5, 5.41) is 11.8. The monoisotopic (exact) mass is 269 g/mol. The van der Waals surface area contributed by atoms with Crippen molar-refractivity contribution in [1.29, 1.82) is 0 Å². The number of aliphatic hydroxyl groups excluding tert-OH is 1. The molecule has 0 aliphatic rings. The SMILES string of the molecule is CNc1ccc(/C=C/c2ccc(OCCO)cc2)cc1. The van der Waals surface area contributed by atoms with E-state index < -0.39 is 0 Å². The Kier molecular flexibility index (Phi) is 5.21. The number of anilines is 1. The highest BCUT2D eigenvalue weighted by Gasteiger charge is 1.93. The number of ether oxygens (including phenoxy) is 1. The van der Waals surface area contributed by atoms with E-state index in [1.807, 2.05) is 43.4 Å². The summed E-state index contributed by atoms with van der Waals surface area (Å²) >= 11 is 0. The number of hydrogen-bond donors (Lipinski definition) is 2. The van der Waals surface area contributed by atoms with Crippen LogP contribution in [0.5, 0.6) is 5.75 Å². The fraction of sp³-hybridized carbons (Fsp3) is 0.176. The third kappa shape index (κ3) is 4.14. The highest BCUT2D eigenvalue weighted by atomic mass is 16.5. The van der Waals surface area contributed by atoms with Gasteiger partial charge < -0.3 is 15.2 Å². The Bertz CT molecular complexity index is 544. The number of hydrogen-bond acceptors (Lipinski definition) is 3. The van der Waals surface area contributed by atoms with Gasteiger partial charge in [-0.05, 0) is 35.4 Å². The number of rotatable bonds is 6. The van der Waals surface area contributed by atoms with Crippen LogP contribution in [0.4, 0.5) is 5.69 Å². The lowest BCUT2D eigenvalue weighted by atomic mass is 10.1. The van der Waals surface area contributed by atoms with Gasteiger partial charge in [0, 0.05) is 12.7 Å². The van der Waals surface area contributed by atoms with Gasteiger partial charge in [0.25, 0.3) is 0 Å². The molecule has 0 radical (unpaired) electrons. The predicted molar refractivity (Wildman–Crippen MR) is 83.9 cm³/mol. The standard InChI is InChI=1S/C17H19NO2/c1-18-16-8-4-14(5-9-16)2-3-15-6-10-17(11-7-15)20-13-12-19/h2-11,18-19H,12-13H2,1H3/b3-2+. The minimum Gasteiger partial charge on any atom is -0.491 e. The Balaban J connectivity index is 1.99. The first kappa shape index (κ1) is 14.2. The van der Waals surface area contributed by atoms with E-state index in [9.17, 15) is 0 Å². The Morgan fingerprint density at radius 1 is 0.950 bits per heavy atom. The fourth-order valence-corrected chi connectivity index (χ4v) is 1.79. The van der Waals surface area contributed by atoms with Crippen molar-refractivity contribution < 1.29 is 9.84 Å². The number of benzene rings is 2. The lowest BCUT2D eigenvalue weighted by Crippen LogP contribution is -2.01. The van der Waals surface area contributed by atoms with E-state index in [2.05, 4.69) is 29.6 Å². The fourth-order valence-electron chi connectivity index (χ4n) is 1.79. The molecule has 0 aliphatic carbocycles. The van der Waals surface area contributed by atoms with E-state index in [-0.39, 0.29) is 6.61 Å². The molecule has 2 aromatic rings. The van der Waals surface area contributed by atoms with Gasteiger partial charge in [0.15, 0.2) is 0 Å². The quantitative estimate of drug-likeness (QED) is 0.791. The highest BCUT2D eigenvalue weighted by Crippen LogP contribution is 2.15. The van der Waals surface area contributed by atoms with Crippen molar-refractivity contribution in [2.24, 2.45) is 0 Å². The molecule has 2 aromatic carbocycles.